The number of benzene rings is 2. The van der Waals surface area contributed by atoms with Gasteiger partial charge in [-0.05, 0) is 24.6 Å². The van der Waals surface area contributed by atoms with Crippen LogP contribution in [0.25, 0.3) is 0 Å². The smallest absolute Gasteiger partial charge is 0.404 e. The van der Waals surface area contributed by atoms with E-state index in [1.54, 1.807) is 0 Å². The van der Waals surface area contributed by atoms with Crippen LogP contribution in [0.3, 0.4) is 0 Å². The van der Waals surface area contributed by atoms with E-state index in [1.807, 2.05) is 55.5 Å². The number of para-hydroxylation sites is 1. The molecule has 6 heteroatoms. The van der Waals surface area contributed by atoms with E-state index in [2.05, 4.69) is 5.16 Å². The van der Waals surface area contributed by atoms with Gasteiger partial charge in [0.15, 0.2) is 5.75 Å². The number of nitrogens with zero attached hydrogens (tertiary/aromatic N) is 1. The summed E-state index contributed by atoms with van der Waals surface area (Å²) in [5.74, 6) is 0.647. The number of hydrogen-bond acceptors (Lipinski definition) is 4. The number of primary amides is 1. The van der Waals surface area contributed by atoms with Crippen LogP contribution in [0.4, 0.5) is 4.79 Å². The highest BCUT2D eigenvalue weighted by molar-refractivity contribution is 6.34. The van der Waals surface area contributed by atoms with E-state index in [4.69, 9.17) is 26.9 Å². The zero-order valence-corrected chi connectivity index (χ0v) is 13.4. The third-order valence-electron chi connectivity index (χ3n) is 3.12. The minimum atomic E-state index is -0.800. The highest BCUT2D eigenvalue weighted by Gasteiger charge is 2.10. The number of carbonyl (C=O) groups is 1. The summed E-state index contributed by atoms with van der Waals surface area (Å²) >= 11 is 6.39. The molecule has 0 heterocycles. The second-order valence-electron chi connectivity index (χ2n) is 4.78. The van der Waals surface area contributed by atoms with Crippen molar-refractivity contribution in [1.29, 1.82) is 0 Å². The van der Waals surface area contributed by atoms with Crippen LogP contribution in [0, 0.1) is 0 Å². The molecule has 1 amide bonds. The van der Waals surface area contributed by atoms with Gasteiger partial charge in [0.05, 0.1) is 17.3 Å². The molecule has 2 rings (SSSR count). The van der Waals surface area contributed by atoms with Gasteiger partial charge in [0, 0.05) is 12.0 Å². The molecule has 0 fully saturated rings. The van der Waals surface area contributed by atoms with Crippen LogP contribution in [0.1, 0.15) is 18.1 Å². The van der Waals surface area contributed by atoms with Gasteiger partial charge in [-0.25, -0.2) is 4.79 Å². The minimum Gasteiger partial charge on any atom is -0.449 e. The van der Waals surface area contributed by atoms with Crippen LogP contribution in [-0.2, 0) is 11.2 Å². The number of halogens is 1. The van der Waals surface area contributed by atoms with Crippen molar-refractivity contribution in [3.05, 3.63) is 64.7 Å². The largest absolute Gasteiger partial charge is 0.449 e. The first-order valence-electron chi connectivity index (χ1n) is 7.04. The van der Waals surface area contributed by atoms with Crippen LogP contribution in [0.15, 0.2) is 53.7 Å². The van der Waals surface area contributed by atoms with E-state index in [1.165, 1.54) is 0 Å². The Labute approximate surface area is 139 Å². The highest BCUT2D eigenvalue weighted by Crippen LogP contribution is 2.23. The van der Waals surface area contributed by atoms with Gasteiger partial charge in [-0.15, -0.1) is 0 Å². The standard InChI is InChI=1S/C17H17ClN2O3/c1-12(20-23-14-7-3-2-4-8-14)15-9-5-6-13(16(15)18)10-11-22-17(19)21/h2-9H,10-11H2,1H3,(H2,19,21). The van der Waals surface area contributed by atoms with Crippen LogP contribution in [0.2, 0.25) is 5.02 Å². The van der Waals surface area contributed by atoms with Crippen molar-refractivity contribution < 1.29 is 14.4 Å². The molecule has 0 unspecified atom stereocenters. The Bertz CT molecular complexity index is 702. The fraction of sp³-hybridized carbons (Fsp3) is 0.176. The van der Waals surface area contributed by atoms with Crippen LogP contribution >= 0.6 is 11.6 Å². The van der Waals surface area contributed by atoms with Crippen molar-refractivity contribution in [3.8, 4) is 5.75 Å². The van der Waals surface area contributed by atoms with E-state index < -0.39 is 6.09 Å². The van der Waals surface area contributed by atoms with Gasteiger partial charge in [-0.3, -0.25) is 0 Å². The normalized spacial score (nSPS) is 11.1. The maximum absolute atomic E-state index is 10.6. The second-order valence-corrected chi connectivity index (χ2v) is 5.16. The summed E-state index contributed by atoms with van der Waals surface area (Å²) < 4.78 is 4.73. The van der Waals surface area contributed by atoms with Crippen molar-refractivity contribution in [2.45, 2.75) is 13.3 Å². The molecule has 23 heavy (non-hydrogen) atoms. The number of ether oxygens (including phenoxy) is 1. The fourth-order valence-corrected chi connectivity index (χ4v) is 2.32. The van der Waals surface area contributed by atoms with Gasteiger partial charge in [0.2, 0.25) is 0 Å². The summed E-state index contributed by atoms with van der Waals surface area (Å²) in [5.41, 5.74) is 7.20. The molecule has 0 aliphatic carbocycles. The van der Waals surface area contributed by atoms with E-state index in [-0.39, 0.29) is 6.61 Å². The zero-order valence-electron chi connectivity index (χ0n) is 12.7. The number of hydrogen-bond donors (Lipinski definition) is 1. The lowest BCUT2D eigenvalue weighted by molar-refractivity contribution is 0.158. The fourth-order valence-electron chi connectivity index (χ4n) is 1.97. The molecule has 0 aliphatic heterocycles. The average Bonchev–Trinajstić information content (AvgIpc) is 2.55. The number of carbonyl (C=O) groups excluding carboxylic acids is 1. The molecule has 0 spiro atoms. The maximum atomic E-state index is 10.6. The molecule has 2 aromatic rings. The first-order valence-corrected chi connectivity index (χ1v) is 7.42. The molecule has 2 N–H and O–H groups in total. The molecular weight excluding hydrogens is 316 g/mol. The molecule has 120 valence electrons. The van der Waals surface area contributed by atoms with E-state index >= 15 is 0 Å². The summed E-state index contributed by atoms with van der Waals surface area (Å²) in [5, 5.41) is 4.66. The molecule has 5 nitrogen and oxygen atoms in total. The summed E-state index contributed by atoms with van der Waals surface area (Å²) in [7, 11) is 0. The average molecular weight is 333 g/mol. The topological polar surface area (TPSA) is 73.9 Å². The molecular formula is C17H17ClN2O3. The zero-order chi connectivity index (χ0) is 16.7. The number of nitrogens with two attached hydrogens (primary N) is 1. The Balaban J connectivity index is 2.10. The Morgan fingerprint density at radius 2 is 1.91 bits per heavy atom. The van der Waals surface area contributed by atoms with Gasteiger partial charge in [0.25, 0.3) is 0 Å². The lowest BCUT2D eigenvalue weighted by Gasteiger charge is -2.09. The maximum Gasteiger partial charge on any atom is 0.404 e. The Kier molecular flexibility index (Phi) is 6.00. The number of oxime groups is 1. The molecule has 2 aromatic carbocycles. The molecule has 0 atom stereocenters. The van der Waals surface area contributed by atoms with Crippen molar-refractivity contribution in [2.75, 3.05) is 6.61 Å². The predicted molar refractivity (Wildman–Crippen MR) is 90.0 cm³/mol. The summed E-state index contributed by atoms with van der Waals surface area (Å²) in [6, 6.07) is 14.8. The van der Waals surface area contributed by atoms with Crippen molar-refractivity contribution >= 4 is 23.4 Å². The summed E-state index contributed by atoms with van der Waals surface area (Å²) in [6.45, 7) is 1.99. The van der Waals surface area contributed by atoms with Gasteiger partial charge >= 0.3 is 6.09 Å². The monoisotopic (exact) mass is 332 g/mol. The van der Waals surface area contributed by atoms with Crippen LogP contribution in [0.5, 0.6) is 5.75 Å². The van der Waals surface area contributed by atoms with E-state index in [9.17, 15) is 4.79 Å². The summed E-state index contributed by atoms with van der Waals surface area (Å²) in [4.78, 5) is 16.0. The van der Waals surface area contributed by atoms with E-state index in [0.29, 0.717) is 22.9 Å². The van der Waals surface area contributed by atoms with Gasteiger partial charge in [0.1, 0.15) is 0 Å². The Hall–Kier alpha value is -2.53. The van der Waals surface area contributed by atoms with Crippen molar-refractivity contribution in [2.24, 2.45) is 10.9 Å². The predicted octanol–water partition coefficient (Wildman–Crippen LogP) is 3.78. The molecule has 0 aromatic heterocycles. The molecule has 0 bridgehead atoms. The first-order chi connectivity index (χ1) is 11.1. The van der Waals surface area contributed by atoms with Crippen molar-refractivity contribution in [1.82, 2.24) is 0 Å². The van der Waals surface area contributed by atoms with E-state index in [0.717, 1.165) is 11.1 Å². The first kappa shape index (κ1) is 16.8. The Morgan fingerprint density at radius 1 is 1.17 bits per heavy atom. The number of amides is 1. The lowest BCUT2D eigenvalue weighted by atomic mass is 10.1. The second kappa shape index (κ2) is 8.19. The van der Waals surface area contributed by atoms with Gasteiger partial charge in [-0.2, -0.15) is 0 Å². The third kappa shape index (κ3) is 5.00. The summed E-state index contributed by atoms with van der Waals surface area (Å²) in [6.07, 6.45) is -0.325. The lowest BCUT2D eigenvalue weighted by Crippen LogP contribution is -2.15. The van der Waals surface area contributed by atoms with Crippen molar-refractivity contribution in [3.63, 3.8) is 0 Å². The minimum absolute atomic E-state index is 0.176. The molecule has 0 aliphatic rings. The number of rotatable bonds is 6. The Morgan fingerprint density at radius 3 is 2.61 bits per heavy atom. The molecule has 0 saturated carbocycles. The van der Waals surface area contributed by atoms with Gasteiger partial charge < -0.3 is 15.3 Å². The quantitative estimate of drug-likeness (QED) is 0.646. The van der Waals surface area contributed by atoms with Gasteiger partial charge in [-0.1, -0.05) is 53.2 Å². The molecule has 0 saturated heterocycles. The SMILES string of the molecule is CC(=NOc1ccccc1)c1cccc(CCOC(N)=O)c1Cl. The highest BCUT2D eigenvalue weighted by atomic mass is 35.5. The van der Waals surface area contributed by atoms with Crippen LogP contribution < -0.4 is 10.6 Å². The van der Waals surface area contributed by atoms with Crippen LogP contribution in [-0.4, -0.2) is 18.4 Å². The third-order valence-corrected chi connectivity index (χ3v) is 3.56. The molecule has 0 radical (unpaired) electrons.